The predicted molar refractivity (Wildman–Crippen MR) is 80.0 cm³/mol. The molecule has 2 saturated carbocycles. The Hall–Kier alpha value is -1.55. The van der Waals surface area contributed by atoms with E-state index < -0.39 is 0 Å². The summed E-state index contributed by atoms with van der Waals surface area (Å²) in [5.74, 6) is 1.97. The van der Waals surface area contributed by atoms with Crippen LogP contribution < -0.4 is 10.1 Å². The van der Waals surface area contributed by atoms with Gasteiger partial charge in [-0.25, -0.2) is 0 Å². The third kappa shape index (κ3) is 3.05. The monoisotopic (exact) mass is 289 g/mol. The number of aliphatic hydroxyl groups excluding tert-OH is 1. The highest BCUT2D eigenvalue weighted by molar-refractivity contribution is 5.78. The zero-order valence-electron chi connectivity index (χ0n) is 12.4. The Morgan fingerprint density at radius 2 is 2.00 bits per heavy atom. The molecule has 4 unspecified atom stereocenters. The molecule has 1 amide bonds. The van der Waals surface area contributed by atoms with Gasteiger partial charge in [0, 0.05) is 18.6 Å². The lowest BCUT2D eigenvalue weighted by atomic mass is 9.85. The number of rotatable bonds is 5. The molecule has 2 aliphatic carbocycles. The Kier molecular flexibility index (Phi) is 4.15. The van der Waals surface area contributed by atoms with Gasteiger partial charge in [0.2, 0.25) is 0 Å². The SMILES string of the molecule is Cc1ccc(OCC(=O)NC2C3CCC(C3)C2CO)cc1. The van der Waals surface area contributed by atoms with Crippen LogP contribution in [-0.4, -0.2) is 30.3 Å². The average molecular weight is 289 g/mol. The molecule has 1 aromatic rings. The summed E-state index contributed by atoms with van der Waals surface area (Å²) >= 11 is 0. The van der Waals surface area contributed by atoms with E-state index in [0.29, 0.717) is 17.6 Å². The summed E-state index contributed by atoms with van der Waals surface area (Å²) in [6, 6.07) is 7.80. The summed E-state index contributed by atoms with van der Waals surface area (Å²) in [6.07, 6.45) is 3.52. The van der Waals surface area contributed by atoms with E-state index in [9.17, 15) is 9.90 Å². The van der Waals surface area contributed by atoms with Crippen molar-refractivity contribution in [2.45, 2.75) is 32.2 Å². The number of hydrogen-bond acceptors (Lipinski definition) is 3. The van der Waals surface area contributed by atoms with E-state index >= 15 is 0 Å². The molecule has 2 N–H and O–H groups in total. The molecule has 114 valence electrons. The fraction of sp³-hybridized carbons (Fsp3) is 0.588. The van der Waals surface area contributed by atoms with Crippen LogP contribution in [0.3, 0.4) is 0 Å². The minimum absolute atomic E-state index is 0.0368. The fourth-order valence-corrected chi connectivity index (χ4v) is 3.91. The second-order valence-electron chi connectivity index (χ2n) is 6.37. The standard InChI is InChI=1S/C17H23NO3/c1-11-2-6-14(7-3-11)21-10-16(20)18-17-13-5-4-12(8-13)15(17)9-19/h2-3,6-7,12-13,15,17,19H,4-5,8-10H2,1H3,(H,18,20). The summed E-state index contributed by atoms with van der Waals surface area (Å²) in [7, 11) is 0. The van der Waals surface area contributed by atoms with Gasteiger partial charge in [-0.2, -0.15) is 0 Å². The Morgan fingerprint density at radius 3 is 2.71 bits per heavy atom. The summed E-state index contributed by atoms with van der Waals surface area (Å²) < 4.78 is 5.51. The Balaban J connectivity index is 1.51. The number of ether oxygens (including phenoxy) is 1. The molecule has 0 heterocycles. The van der Waals surface area contributed by atoms with Gasteiger partial charge in [-0.1, -0.05) is 17.7 Å². The number of fused-ring (bicyclic) bond motifs is 2. The van der Waals surface area contributed by atoms with Gasteiger partial charge in [0.25, 0.3) is 5.91 Å². The summed E-state index contributed by atoms with van der Waals surface area (Å²) in [4.78, 5) is 12.1. The Labute approximate surface area is 125 Å². The van der Waals surface area contributed by atoms with Gasteiger partial charge in [0.15, 0.2) is 6.61 Å². The smallest absolute Gasteiger partial charge is 0.258 e. The van der Waals surface area contributed by atoms with Gasteiger partial charge in [-0.15, -0.1) is 0 Å². The van der Waals surface area contributed by atoms with E-state index in [-0.39, 0.29) is 31.1 Å². The number of aryl methyl sites for hydroxylation is 1. The van der Waals surface area contributed by atoms with Crippen LogP contribution in [0.4, 0.5) is 0 Å². The minimum Gasteiger partial charge on any atom is -0.484 e. The molecule has 2 aliphatic rings. The van der Waals surface area contributed by atoms with Crippen molar-refractivity contribution in [1.82, 2.24) is 5.32 Å². The normalized spacial score (nSPS) is 30.4. The van der Waals surface area contributed by atoms with Crippen LogP contribution in [0.15, 0.2) is 24.3 Å². The van der Waals surface area contributed by atoms with Gasteiger partial charge in [-0.3, -0.25) is 4.79 Å². The van der Waals surface area contributed by atoms with Gasteiger partial charge in [-0.05, 0) is 50.2 Å². The van der Waals surface area contributed by atoms with Crippen molar-refractivity contribution in [3.05, 3.63) is 29.8 Å². The van der Waals surface area contributed by atoms with Crippen LogP contribution in [0, 0.1) is 24.7 Å². The average Bonchev–Trinajstić information content (AvgIpc) is 3.07. The predicted octanol–water partition coefficient (Wildman–Crippen LogP) is 1.90. The van der Waals surface area contributed by atoms with Crippen molar-refractivity contribution in [3.8, 4) is 5.75 Å². The van der Waals surface area contributed by atoms with E-state index in [1.807, 2.05) is 31.2 Å². The highest BCUT2D eigenvalue weighted by atomic mass is 16.5. The maximum absolute atomic E-state index is 12.1. The molecule has 0 aliphatic heterocycles. The molecule has 0 radical (unpaired) electrons. The van der Waals surface area contributed by atoms with Gasteiger partial charge in [0.1, 0.15) is 5.75 Å². The first-order valence-corrected chi connectivity index (χ1v) is 7.77. The molecule has 3 rings (SSSR count). The molecule has 21 heavy (non-hydrogen) atoms. The molecule has 4 atom stereocenters. The first-order chi connectivity index (χ1) is 10.2. The number of benzene rings is 1. The van der Waals surface area contributed by atoms with E-state index in [0.717, 1.165) is 6.42 Å². The lowest BCUT2D eigenvalue weighted by Crippen LogP contribution is -2.46. The van der Waals surface area contributed by atoms with Gasteiger partial charge >= 0.3 is 0 Å². The number of amides is 1. The van der Waals surface area contributed by atoms with Gasteiger partial charge in [0.05, 0.1) is 0 Å². The molecule has 0 saturated heterocycles. The summed E-state index contributed by atoms with van der Waals surface area (Å²) in [6.45, 7) is 2.22. The van der Waals surface area contributed by atoms with Crippen molar-refractivity contribution < 1.29 is 14.6 Å². The van der Waals surface area contributed by atoms with Crippen molar-refractivity contribution in [2.24, 2.45) is 17.8 Å². The van der Waals surface area contributed by atoms with Crippen LogP contribution in [-0.2, 0) is 4.79 Å². The second kappa shape index (κ2) is 6.06. The van der Waals surface area contributed by atoms with Crippen LogP contribution in [0.2, 0.25) is 0 Å². The van der Waals surface area contributed by atoms with Crippen molar-refractivity contribution in [3.63, 3.8) is 0 Å². The van der Waals surface area contributed by atoms with E-state index in [2.05, 4.69) is 5.32 Å². The zero-order valence-corrected chi connectivity index (χ0v) is 12.4. The number of hydrogen-bond donors (Lipinski definition) is 2. The van der Waals surface area contributed by atoms with E-state index in [4.69, 9.17) is 4.74 Å². The fourth-order valence-electron chi connectivity index (χ4n) is 3.91. The van der Waals surface area contributed by atoms with E-state index in [1.54, 1.807) is 0 Å². The molecule has 2 bridgehead atoms. The Morgan fingerprint density at radius 1 is 1.29 bits per heavy atom. The number of nitrogens with one attached hydrogen (secondary N) is 1. The summed E-state index contributed by atoms with van der Waals surface area (Å²) in [5.41, 5.74) is 1.17. The van der Waals surface area contributed by atoms with Crippen LogP contribution in [0.5, 0.6) is 5.75 Å². The van der Waals surface area contributed by atoms with Crippen LogP contribution in [0.1, 0.15) is 24.8 Å². The largest absolute Gasteiger partial charge is 0.484 e. The molecule has 4 nitrogen and oxygen atoms in total. The van der Waals surface area contributed by atoms with Gasteiger partial charge < -0.3 is 15.2 Å². The lowest BCUT2D eigenvalue weighted by Gasteiger charge is -2.30. The maximum atomic E-state index is 12.1. The molecule has 2 fully saturated rings. The van der Waals surface area contributed by atoms with Crippen molar-refractivity contribution >= 4 is 5.91 Å². The first-order valence-electron chi connectivity index (χ1n) is 7.77. The van der Waals surface area contributed by atoms with E-state index in [1.165, 1.54) is 18.4 Å². The molecular formula is C17H23NO3. The number of carbonyl (C=O) groups is 1. The maximum Gasteiger partial charge on any atom is 0.258 e. The van der Waals surface area contributed by atoms with Crippen LogP contribution >= 0.6 is 0 Å². The zero-order chi connectivity index (χ0) is 14.8. The third-order valence-corrected chi connectivity index (χ3v) is 5.02. The van der Waals surface area contributed by atoms with Crippen molar-refractivity contribution in [1.29, 1.82) is 0 Å². The minimum atomic E-state index is -0.0911. The second-order valence-corrected chi connectivity index (χ2v) is 6.37. The number of aliphatic hydroxyl groups is 1. The highest BCUT2D eigenvalue weighted by Gasteiger charge is 2.47. The molecule has 4 heteroatoms. The van der Waals surface area contributed by atoms with Crippen LogP contribution in [0.25, 0.3) is 0 Å². The number of carbonyl (C=O) groups excluding carboxylic acids is 1. The van der Waals surface area contributed by atoms with Crippen molar-refractivity contribution in [2.75, 3.05) is 13.2 Å². The Bertz CT molecular complexity index is 499. The summed E-state index contributed by atoms with van der Waals surface area (Å²) in [5, 5.41) is 12.6. The quantitative estimate of drug-likeness (QED) is 0.870. The first kappa shape index (κ1) is 14.4. The molecule has 0 aromatic heterocycles. The topological polar surface area (TPSA) is 58.6 Å². The molecular weight excluding hydrogens is 266 g/mol. The molecule has 1 aromatic carbocycles. The highest BCUT2D eigenvalue weighted by Crippen LogP contribution is 2.48. The molecule has 0 spiro atoms. The third-order valence-electron chi connectivity index (χ3n) is 5.02. The lowest BCUT2D eigenvalue weighted by molar-refractivity contribution is -0.124.